The van der Waals surface area contributed by atoms with Gasteiger partial charge in [0, 0.05) is 19.7 Å². The van der Waals surface area contributed by atoms with E-state index in [0.717, 1.165) is 6.42 Å². The fraction of sp³-hybridized carbons (Fsp3) is 0.250. The van der Waals surface area contributed by atoms with Crippen molar-refractivity contribution in [1.29, 1.82) is 0 Å². The van der Waals surface area contributed by atoms with Crippen LogP contribution in [0.5, 0.6) is 0 Å². The molecular formula is C12H12N2. The minimum Gasteiger partial charge on any atom is -0.350 e. The Hall–Kier alpha value is -1.75. The molecular weight excluding hydrogens is 172 g/mol. The van der Waals surface area contributed by atoms with E-state index in [1.807, 2.05) is 7.05 Å². The molecule has 0 saturated carbocycles. The molecule has 0 N–H and O–H groups in total. The van der Waals surface area contributed by atoms with Gasteiger partial charge in [-0.3, -0.25) is 0 Å². The maximum absolute atomic E-state index is 6.79. The third kappa shape index (κ3) is 1.38. The Kier molecular flexibility index (Phi) is 2.24. The Morgan fingerprint density at radius 1 is 1.36 bits per heavy atom. The minimum absolute atomic E-state index is 0.574. The average Bonchev–Trinajstić information content (AvgIpc) is 2.58. The van der Waals surface area contributed by atoms with Crippen molar-refractivity contribution < 1.29 is 0 Å². The van der Waals surface area contributed by atoms with Crippen LogP contribution in [0.3, 0.4) is 0 Å². The Bertz CT molecular complexity index is 488. The molecule has 0 aliphatic carbocycles. The van der Waals surface area contributed by atoms with Gasteiger partial charge in [0.2, 0.25) is 6.54 Å². The number of rotatable bonds is 2. The second kappa shape index (κ2) is 3.55. The summed E-state index contributed by atoms with van der Waals surface area (Å²) in [6, 6.07) is 8.38. The van der Waals surface area contributed by atoms with Gasteiger partial charge in [0.1, 0.15) is 0 Å². The van der Waals surface area contributed by atoms with Gasteiger partial charge in [-0.15, -0.1) is 0 Å². The molecule has 0 aliphatic heterocycles. The van der Waals surface area contributed by atoms with Crippen LogP contribution in [0.4, 0.5) is 0 Å². The van der Waals surface area contributed by atoms with Crippen molar-refractivity contribution >= 4 is 10.9 Å². The molecule has 0 unspecified atom stereocenters. The molecule has 0 spiro atoms. The van der Waals surface area contributed by atoms with E-state index in [2.05, 4.69) is 39.9 Å². The number of para-hydroxylation sites is 1. The standard InChI is InChI=1S/C12H12N2/c1-13-8-6-10-4-3-5-11-7-9-14(2)12(10)11/h3-5,7,9H,6,8H2,2H3. The van der Waals surface area contributed by atoms with Crippen LogP contribution in [0.2, 0.25) is 0 Å². The summed E-state index contributed by atoms with van der Waals surface area (Å²) in [5.41, 5.74) is 2.53. The summed E-state index contributed by atoms with van der Waals surface area (Å²) in [6.45, 7) is 7.37. The van der Waals surface area contributed by atoms with Crippen LogP contribution in [-0.2, 0) is 13.5 Å². The average molecular weight is 184 g/mol. The zero-order valence-corrected chi connectivity index (χ0v) is 8.20. The highest BCUT2D eigenvalue weighted by Gasteiger charge is 2.04. The van der Waals surface area contributed by atoms with E-state index in [0.29, 0.717) is 6.54 Å². The van der Waals surface area contributed by atoms with Crippen LogP contribution in [0.15, 0.2) is 30.5 Å². The van der Waals surface area contributed by atoms with E-state index in [4.69, 9.17) is 6.57 Å². The zero-order chi connectivity index (χ0) is 9.97. The third-order valence-corrected chi connectivity index (χ3v) is 2.47. The third-order valence-electron chi connectivity index (χ3n) is 2.47. The first-order valence-electron chi connectivity index (χ1n) is 4.69. The lowest BCUT2D eigenvalue weighted by atomic mass is 10.1. The van der Waals surface area contributed by atoms with E-state index < -0.39 is 0 Å². The Morgan fingerprint density at radius 3 is 3.00 bits per heavy atom. The topological polar surface area (TPSA) is 9.29 Å². The maximum Gasteiger partial charge on any atom is 0.218 e. The lowest BCUT2D eigenvalue weighted by Crippen LogP contribution is -1.93. The smallest absolute Gasteiger partial charge is 0.218 e. The van der Waals surface area contributed by atoms with E-state index in [-0.39, 0.29) is 0 Å². The van der Waals surface area contributed by atoms with Crippen molar-refractivity contribution in [2.45, 2.75) is 6.42 Å². The summed E-state index contributed by atoms with van der Waals surface area (Å²) >= 11 is 0. The first kappa shape index (κ1) is 8.83. The van der Waals surface area contributed by atoms with Crippen molar-refractivity contribution in [2.75, 3.05) is 6.54 Å². The summed E-state index contributed by atoms with van der Waals surface area (Å²) < 4.78 is 2.12. The van der Waals surface area contributed by atoms with Crippen LogP contribution in [0.25, 0.3) is 15.7 Å². The summed E-state index contributed by atoms with van der Waals surface area (Å²) in [5, 5.41) is 1.26. The number of hydrogen-bond donors (Lipinski definition) is 0. The summed E-state index contributed by atoms with van der Waals surface area (Å²) in [7, 11) is 2.05. The zero-order valence-electron chi connectivity index (χ0n) is 8.20. The summed E-state index contributed by atoms with van der Waals surface area (Å²) in [5.74, 6) is 0. The highest BCUT2D eigenvalue weighted by molar-refractivity contribution is 5.83. The predicted octanol–water partition coefficient (Wildman–Crippen LogP) is 2.64. The molecule has 70 valence electrons. The van der Waals surface area contributed by atoms with Gasteiger partial charge in [-0.25, -0.2) is 6.57 Å². The summed E-state index contributed by atoms with van der Waals surface area (Å²) in [4.78, 5) is 3.39. The van der Waals surface area contributed by atoms with Crippen molar-refractivity contribution in [3.05, 3.63) is 47.4 Å². The normalized spacial score (nSPS) is 10.3. The quantitative estimate of drug-likeness (QED) is 0.635. The Labute approximate surface area is 83.6 Å². The van der Waals surface area contributed by atoms with Crippen LogP contribution < -0.4 is 0 Å². The lowest BCUT2D eigenvalue weighted by molar-refractivity contribution is 0.951. The fourth-order valence-electron chi connectivity index (χ4n) is 1.82. The molecule has 0 amide bonds. The molecule has 14 heavy (non-hydrogen) atoms. The fourth-order valence-corrected chi connectivity index (χ4v) is 1.82. The Balaban J connectivity index is 2.53. The number of nitrogens with zero attached hydrogens (tertiary/aromatic N) is 2. The highest BCUT2D eigenvalue weighted by Crippen LogP contribution is 2.19. The molecule has 0 saturated heterocycles. The molecule has 2 rings (SSSR count). The van der Waals surface area contributed by atoms with Gasteiger partial charge in [-0.1, -0.05) is 18.2 Å². The van der Waals surface area contributed by atoms with Crippen molar-refractivity contribution in [1.82, 2.24) is 4.57 Å². The molecule has 0 aliphatic rings. The van der Waals surface area contributed by atoms with Crippen molar-refractivity contribution in [3.8, 4) is 0 Å². The van der Waals surface area contributed by atoms with Crippen LogP contribution in [0.1, 0.15) is 5.56 Å². The van der Waals surface area contributed by atoms with E-state index in [1.165, 1.54) is 16.5 Å². The van der Waals surface area contributed by atoms with Gasteiger partial charge < -0.3 is 9.41 Å². The molecule has 0 fully saturated rings. The van der Waals surface area contributed by atoms with Crippen LogP contribution >= 0.6 is 0 Å². The van der Waals surface area contributed by atoms with E-state index in [1.54, 1.807) is 0 Å². The lowest BCUT2D eigenvalue weighted by Gasteiger charge is -2.02. The Morgan fingerprint density at radius 2 is 2.21 bits per heavy atom. The monoisotopic (exact) mass is 184 g/mol. The molecule has 1 aromatic carbocycles. The van der Waals surface area contributed by atoms with E-state index in [9.17, 15) is 0 Å². The largest absolute Gasteiger partial charge is 0.350 e. The number of hydrogen-bond acceptors (Lipinski definition) is 0. The van der Waals surface area contributed by atoms with Gasteiger partial charge >= 0.3 is 0 Å². The molecule has 1 aromatic heterocycles. The molecule has 2 heteroatoms. The molecule has 1 heterocycles. The number of benzene rings is 1. The van der Waals surface area contributed by atoms with Crippen molar-refractivity contribution in [3.63, 3.8) is 0 Å². The molecule has 2 aromatic rings. The molecule has 0 atom stereocenters. The first-order chi connectivity index (χ1) is 6.83. The molecule has 2 nitrogen and oxygen atoms in total. The number of aromatic nitrogens is 1. The predicted molar refractivity (Wildman–Crippen MR) is 58.1 cm³/mol. The molecule has 0 radical (unpaired) electrons. The SMILES string of the molecule is [C-]#[N+]CCc1cccc2ccn(C)c12. The van der Waals surface area contributed by atoms with Gasteiger partial charge in [-0.2, -0.15) is 0 Å². The first-order valence-corrected chi connectivity index (χ1v) is 4.69. The number of fused-ring (bicyclic) bond motifs is 1. The number of aryl methyl sites for hydroxylation is 1. The van der Waals surface area contributed by atoms with Gasteiger partial charge in [0.25, 0.3) is 0 Å². The maximum atomic E-state index is 6.79. The summed E-state index contributed by atoms with van der Waals surface area (Å²) in [6.07, 6.45) is 2.91. The second-order valence-electron chi connectivity index (χ2n) is 3.41. The van der Waals surface area contributed by atoms with Gasteiger partial charge in [0.15, 0.2) is 0 Å². The highest BCUT2D eigenvalue weighted by atomic mass is 14.9. The second-order valence-corrected chi connectivity index (χ2v) is 3.41. The van der Waals surface area contributed by atoms with Crippen LogP contribution in [-0.4, -0.2) is 11.1 Å². The van der Waals surface area contributed by atoms with Crippen LogP contribution in [0, 0.1) is 6.57 Å². The van der Waals surface area contributed by atoms with E-state index >= 15 is 0 Å². The molecule has 0 bridgehead atoms. The van der Waals surface area contributed by atoms with Gasteiger partial charge in [0.05, 0.1) is 5.52 Å². The van der Waals surface area contributed by atoms with Crippen molar-refractivity contribution in [2.24, 2.45) is 7.05 Å². The minimum atomic E-state index is 0.574. The van der Waals surface area contributed by atoms with Gasteiger partial charge in [-0.05, 0) is 17.0 Å².